The highest BCUT2D eigenvalue weighted by Gasteiger charge is 2.24. The van der Waals surface area contributed by atoms with Crippen LogP contribution in [0.15, 0.2) is 41.3 Å². The van der Waals surface area contributed by atoms with Gasteiger partial charge in [0.05, 0.1) is 18.4 Å². The third kappa shape index (κ3) is 4.58. The van der Waals surface area contributed by atoms with Crippen LogP contribution in [0.25, 0.3) is 0 Å². The molecule has 2 N–H and O–H groups in total. The van der Waals surface area contributed by atoms with Crippen LogP contribution in [0.2, 0.25) is 5.02 Å². The van der Waals surface area contributed by atoms with Crippen molar-refractivity contribution in [2.24, 2.45) is 0 Å². The molecule has 0 atom stereocenters. The highest BCUT2D eigenvalue weighted by molar-refractivity contribution is 7.89. The summed E-state index contributed by atoms with van der Waals surface area (Å²) in [6.45, 7) is 1.31. The van der Waals surface area contributed by atoms with Crippen molar-refractivity contribution in [2.75, 3.05) is 32.6 Å². The van der Waals surface area contributed by atoms with E-state index in [1.807, 2.05) is 0 Å². The summed E-state index contributed by atoms with van der Waals surface area (Å²) in [6, 6.07) is 8.71. The normalized spacial score (nSPS) is 13.9. The maximum Gasteiger partial charge on any atom is 0.256 e. The molecule has 2 amide bonds. The number of rotatable bonds is 6. The van der Waals surface area contributed by atoms with Crippen LogP contribution in [0.3, 0.4) is 0 Å². The van der Waals surface area contributed by atoms with Crippen molar-refractivity contribution in [2.45, 2.75) is 17.7 Å². The van der Waals surface area contributed by atoms with E-state index in [2.05, 4.69) is 10.0 Å². The molecule has 1 aliphatic heterocycles. The number of hydrogen-bond acceptors (Lipinski definition) is 5. The zero-order chi connectivity index (χ0) is 21.9. The fourth-order valence-electron chi connectivity index (χ4n) is 3.23. The van der Waals surface area contributed by atoms with Gasteiger partial charge >= 0.3 is 0 Å². The van der Waals surface area contributed by atoms with Crippen molar-refractivity contribution < 1.29 is 22.7 Å². The van der Waals surface area contributed by atoms with E-state index in [0.29, 0.717) is 23.8 Å². The van der Waals surface area contributed by atoms with Gasteiger partial charge in [-0.15, -0.1) is 0 Å². The van der Waals surface area contributed by atoms with Gasteiger partial charge in [-0.3, -0.25) is 9.59 Å². The molecule has 160 valence electrons. The fourth-order valence-corrected chi connectivity index (χ4v) is 4.32. The Hall–Kier alpha value is -2.62. The predicted molar refractivity (Wildman–Crippen MR) is 114 cm³/mol. The van der Waals surface area contributed by atoms with Gasteiger partial charge < -0.3 is 15.0 Å². The number of amides is 2. The smallest absolute Gasteiger partial charge is 0.256 e. The molecule has 10 heteroatoms. The molecule has 0 unspecified atom stereocenters. The summed E-state index contributed by atoms with van der Waals surface area (Å²) in [6.07, 6.45) is 1.87. The molecule has 1 aliphatic rings. The molecular formula is C20H22ClN3O5S. The Kier molecular flexibility index (Phi) is 6.64. The predicted octanol–water partition coefficient (Wildman–Crippen LogP) is 2.75. The third-order valence-corrected chi connectivity index (χ3v) is 6.51. The first-order chi connectivity index (χ1) is 14.3. The van der Waals surface area contributed by atoms with E-state index >= 15 is 0 Å². The van der Waals surface area contributed by atoms with Crippen LogP contribution >= 0.6 is 11.6 Å². The van der Waals surface area contributed by atoms with Gasteiger partial charge in [0.1, 0.15) is 10.6 Å². The van der Waals surface area contributed by atoms with Gasteiger partial charge in [-0.05, 0) is 56.3 Å². The lowest BCUT2D eigenvalue weighted by Gasteiger charge is -2.18. The monoisotopic (exact) mass is 451 g/mol. The van der Waals surface area contributed by atoms with Gasteiger partial charge in [0.15, 0.2) is 0 Å². The van der Waals surface area contributed by atoms with E-state index < -0.39 is 15.9 Å². The fraction of sp³-hybridized carbons (Fsp3) is 0.300. The zero-order valence-corrected chi connectivity index (χ0v) is 18.1. The number of halogens is 1. The summed E-state index contributed by atoms with van der Waals surface area (Å²) in [5.74, 6) is -0.668. The molecule has 2 aromatic rings. The first kappa shape index (κ1) is 22.1. The molecule has 1 heterocycles. The van der Waals surface area contributed by atoms with Crippen molar-refractivity contribution in [3.05, 3.63) is 52.5 Å². The van der Waals surface area contributed by atoms with Crippen LogP contribution in [0.5, 0.6) is 5.75 Å². The second-order valence-electron chi connectivity index (χ2n) is 6.72. The molecule has 0 aromatic heterocycles. The van der Waals surface area contributed by atoms with Crippen LogP contribution in [0.1, 0.15) is 33.6 Å². The van der Waals surface area contributed by atoms with E-state index in [0.717, 1.165) is 12.8 Å². The summed E-state index contributed by atoms with van der Waals surface area (Å²) in [5.41, 5.74) is 0.684. The number of carbonyl (C=O) groups is 2. The number of hydrogen-bond donors (Lipinski definition) is 2. The Morgan fingerprint density at radius 1 is 1.10 bits per heavy atom. The lowest BCUT2D eigenvalue weighted by Crippen LogP contribution is -2.29. The van der Waals surface area contributed by atoms with Crippen LogP contribution in [-0.4, -0.2) is 52.4 Å². The average Bonchev–Trinajstić information content (AvgIpc) is 3.28. The highest BCUT2D eigenvalue weighted by Crippen LogP contribution is 2.27. The minimum absolute atomic E-state index is 0.0964. The first-order valence-corrected chi connectivity index (χ1v) is 11.1. The van der Waals surface area contributed by atoms with Gasteiger partial charge in [0, 0.05) is 23.7 Å². The Balaban J connectivity index is 1.93. The number of benzene rings is 2. The summed E-state index contributed by atoms with van der Waals surface area (Å²) in [7, 11) is -1.23. The summed E-state index contributed by atoms with van der Waals surface area (Å²) in [5, 5.41) is 3.07. The standard InChI is InChI=1S/C20H22ClN3O5S/c1-22-30(27,28)18-11-13(5-8-17(18)29-2)19(25)23-16-7-6-14(21)12-15(16)20(26)24-9-3-4-10-24/h5-8,11-12,22H,3-4,9-10H2,1-2H3,(H,23,25). The Morgan fingerprint density at radius 3 is 2.43 bits per heavy atom. The van der Waals surface area contributed by atoms with Crippen molar-refractivity contribution in [3.63, 3.8) is 0 Å². The number of ether oxygens (including phenoxy) is 1. The van der Waals surface area contributed by atoms with E-state index in [4.69, 9.17) is 16.3 Å². The number of methoxy groups -OCH3 is 1. The van der Waals surface area contributed by atoms with Crippen LogP contribution in [-0.2, 0) is 10.0 Å². The minimum Gasteiger partial charge on any atom is -0.495 e. The molecule has 1 saturated heterocycles. The summed E-state index contributed by atoms with van der Waals surface area (Å²) in [4.78, 5) is 27.2. The van der Waals surface area contributed by atoms with Crippen molar-refractivity contribution in [1.29, 1.82) is 0 Å². The molecule has 1 fully saturated rings. The van der Waals surface area contributed by atoms with Crippen LogP contribution < -0.4 is 14.8 Å². The van der Waals surface area contributed by atoms with Gasteiger partial charge in [-0.25, -0.2) is 13.1 Å². The van der Waals surface area contributed by atoms with Crippen molar-refractivity contribution in [1.82, 2.24) is 9.62 Å². The summed E-state index contributed by atoms with van der Waals surface area (Å²) < 4.78 is 31.8. The minimum atomic E-state index is -3.84. The van der Waals surface area contributed by atoms with Crippen LogP contribution in [0.4, 0.5) is 5.69 Å². The van der Waals surface area contributed by atoms with E-state index in [1.54, 1.807) is 17.0 Å². The molecule has 3 rings (SSSR count). The number of anilines is 1. The maximum absolute atomic E-state index is 12.9. The summed E-state index contributed by atoms with van der Waals surface area (Å²) >= 11 is 6.07. The Morgan fingerprint density at radius 2 is 1.80 bits per heavy atom. The lowest BCUT2D eigenvalue weighted by molar-refractivity contribution is 0.0794. The molecular weight excluding hydrogens is 430 g/mol. The molecule has 0 spiro atoms. The highest BCUT2D eigenvalue weighted by atomic mass is 35.5. The second kappa shape index (κ2) is 9.03. The number of carbonyl (C=O) groups excluding carboxylic acids is 2. The van der Waals surface area contributed by atoms with E-state index in [1.165, 1.54) is 38.4 Å². The Bertz CT molecular complexity index is 1080. The van der Waals surface area contributed by atoms with E-state index in [9.17, 15) is 18.0 Å². The SMILES string of the molecule is CNS(=O)(=O)c1cc(C(=O)Nc2ccc(Cl)cc2C(=O)N2CCCC2)ccc1OC. The number of nitrogens with one attached hydrogen (secondary N) is 2. The van der Waals surface area contributed by atoms with Crippen LogP contribution in [0, 0.1) is 0 Å². The van der Waals surface area contributed by atoms with E-state index in [-0.39, 0.29) is 27.7 Å². The third-order valence-electron chi connectivity index (χ3n) is 4.84. The quantitative estimate of drug-likeness (QED) is 0.702. The Labute approximate surface area is 180 Å². The largest absolute Gasteiger partial charge is 0.495 e. The molecule has 0 aliphatic carbocycles. The molecule has 2 aromatic carbocycles. The maximum atomic E-state index is 12.9. The van der Waals surface area contributed by atoms with Gasteiger partial charge in [-0.1, -0.05) is 11.6 Å². The molecule has 0 bridgehead atoms. The number of sulfonamides is 1. The van der Waals surface area contributed by atoms with Crippen molar-refractivity contribution in [3.8, 4) is 5.75 Å². The topological polar surface area (TPSA) is 105 Å². The van der Waals surface area contributed by atoms with Gasteiger partial charge in [0.2, 0.25) is 10.0 Å². The van der Waals surface area contributed by atoms with Crippen molar-refractivity contribution >= 4 is 39.1 Å². The molecule has 8 nitrogen and oxygen atoms in total. The molecule has 30 heavy (non-hydrogen) atoms. The van der Waals surface area contributed by atoms with Gasteiger partial charge in [0.25, 0.3) is 11.8 Å². The molecule has 0 saturated carbocycles. The lowest BCUT2D eigenvalue weighted by atomic mass is 10.1. The van der Waals surface area contributed by atoms with Gasteiger partial charge in [-0.2, -0.15) is 0 Å². The average molecular weight is 452 g/mol. The molecule has 0 radical (unpaired) electrons. The number of nitrogens with zero attached hydrogens (tertiary/aromatic N) is 1. The second-order valence-corrected chi connectivity index (χ2v) is 9.01. The first-order valence-electron chi connectivity index (χ1n) is 9.28. The number of likely N-dealkylation sites (tertiary alicyclic amines) is 1. The zero-order valence-electron chi connectivity index (χ0n) is 16.6.